The van der Waals surface area contributed by atoms with E-state index < -0.39 is 0 Å². The Morgan fingerprint density at radius 2 is 1.17 bits per heavy atom. The van der Waals surface area contributed by atoms with Crippen LogP contribution in [-0.2, 0) is 10.8 Å². The van der Waals surface area contributed by atoms with Crippen molar-refractivity contribution in [3.8, 4) is 5.75 Å². The van der Waals surface area contributed by atoms with Crippen LogP contribution in [0, 0.1) is 5.92 Å². The monoisotopic (exact) mass is 247 g/mol. The molecule has 0 fully saturated rings. The van der Waals surface area contributed by atoms with Crippen LogP contribution in [0.4, 0.5) is 0 Å². The van der Waals surface area contributed by atoms with Crippen LogP contribution in [0.15, 0.2) is 12.1 Å². The Kier molecular flexibility index (Phi) is 3.86. The Morgan fingerprint density at radius 3 is 1.39 bits per heavy atom. The topological polar surface area (TPSA) is 20.2 Å². The van der Waals surface area contributed by atoms with Crippen molar-refractivity contribution in [2.24, 2.45) is 0 Å². The molecule has 0 aliphatic heterocycles. The number of hydrogen-bond donors (Lipinski definition) is 1. The minimum absolute atomic E-state index is 0.0461. The summed E-state index contributed by atoms with van der Waals surface area (Å²) in [4.78, 5) is 0. The quantitative estimate of drug-likeness (QED) is 0.744. The molecule has 1 radical (unpaired) electrons. The maximum Gasteiger partial charge on any atom is 0.123 e. The predicted octanol–water partition coefficient (Wildman–Crippen LogP) is 4.95. The maximum absolute atomic E-state index is 10.6. The molecular weight excluding hydrogens is 220 g/mol. The molecule has 1 rings (SSSR count). The molecule has 1 heteroatoms. The first-order chi connectivity index (χ1) is 7.94. The van der Waals surface area contributed by atoms with Gasteiger partial charge in [0.15, 0.2) is 0 Å². The van der Waals surface area contributed by atoms with Gasteiger partial charge in [-0.3, -0.25) is 0 Å². The van der Waals surface area contributed by atoms with Crippen molar-refractivity contribution in [1.82, 2.24) is 0 Å². The van der Waals surface area contributed by atoms with Crippen LogP contribution in [-0.4, -0.2) is 5.11 Å². The number of aromatic hydroxyl groups is 1. The molecule has 0 spiro atoms. The molecule has 101 valence electrons. The molecule has 1 aromatic rings. The summed E-state index contributed by atoms with van der Waals surface area (Å²) < 4.78 is 0. The smallest absolute Gasteiger partial charge is 0.123 e. The number of phenolic OH excluding ortho intramolecular Hbond substituents is 1. The minimum atomic E-state index is -0.0461. The summed E-state index contributed by atoms with van der Waals surface area (Å²) >= 11 is 0. The third kappa shape index (κ3) is 3.07. The number of benzene rings is 1. The average Bonchev–Trinajstić information content (AvgIpc) is 2.13. The van der Waals surface area contributed by atoms with E-state index in [-0.39, 0.29) is 10.8 Å². The molecule has 0 bridgehead atoms. The van der Waals surface area contributed by atoms with E-state index in [1.807, 2.05) is 0 Å². The van der Waals surface area contributed by atoms with Crippen LogP contribution in [0.25, 0.3) is 0 Å². The average molecular weight is 247 g/mol. The second kappa shape index (κ2) is 4.60. The lowest BCUT2D eigenvalue weighted by molar-refractivity contribution is 0.423. The first-order valence-corrected chi connectivity index (χ1v) is 6.63. The highest BCUT2D eigenvalue weighted by Gasteiger charge is 2.26. The molecule has 0 aliphatic carbocycles. The van der Waals surface area contributed by atoms with Crippen LogP contribution in [0.5, 0.6) is 5.75 Å². The number of hydrogen-bond acceptors (Lipinski definition) is 1. The van der Waals surface area contributed by atoms with Gasteiger partial charge < -0.3 is 5.11 Å². The Hall–Kier alpha value is -0.980. The summed E-state index contributed by atoms with van der Waals surface area (Å²) in [6.07, 6.45) is 0. The van der Waals surface area contributed by atoms with Gasteiger partial charge in [-0.1, -0.05) is 67.5 Å². The molecule has 1 nitrogen and oxygen atoms in total. The van der Waals surface area contributed by atoms with E-state index in [0.29, 0.717) is 5.75 Å². The fraction of sp³-hybridized carbons (Fsp3) is 0.588. The molecule has 0 aliphatic rings. The van der Waals surface area contributed by atoms with Gasteiger partial charge in [-0.2, -0.15) is 0 Å². The zero-order valence-corrected chi connectivity index (χ0v) is 13.1. The predicted molar refractivity (Wildman–Crippen MR) is 79.2 cm³/mol. The van der Waals surface area contributed by atoms with Gasteiger partial charge >= 0.3 is 0 Å². The summed E-state index contributed by atoms with van der Waals surface area (Å²) in [6.45, 7) is 17.1. The highest BCUT2D eigenvalue weighted by atomic mass is 16.3. The molecule has 0 amide bonds. The lowest BCUT2D eigenvalue weighted by atomic mass is 9.77. The van der Waals surface area contributed by atoms with Crippen molar-refractivity contribution in [2.75, 3.05) is 0 Å². The minimum Gasteiger partial charge on any atom is -0.507 e. The Balaban J connectivity index is 3.59. The van der Waals surface area contributed by atoms with E-state index in [0.717, 1.165) is 11.1 Å². The third-order valence-electron chi connectivity index (χ3n) is 3.30. The molecule has 1 N–H and O–H groups in total. The molecule has 18 heavy (non-hydrogen) atoms. The zero-order chi connectivity index (χ0) is 14.3. The van der Waals surface area contributed by atoms with Crippen LogP contribution in [0.1, 0.15) is 72.1 Å². The van der Waals surface area contributed by atoms with Crippen molar-refractivity contribution in [3.63, 3.8) is 0 Å². The van der Waals surface area contributed by atoms with Crippen molar-refractivity contribution in [3.05, 3.63) is 34.7 Å². The van der Waals surface area contributed by atoms with Gasteiger partial charge in [-0.15, -0.1) is 0 Å². The van der Waals surface area contributed by atoms with Crippen molar-refractivity contribution < 1.29 is 5.11 Å². The Labute approximate surface area is 112 Å². The normalized spacial score (nSPS) is 13.2. The molecule has 0 heterocycles. The van der Waals surface area contributed by atoms with Gasteiger partial charge in [-0.25, -0.2) is 0 Å². The Morgan fingerprint density at radius 1 is 0.833 bits per heavy atom. The van der Waals surface area contributed by atoms with Gasteiger partial charge in [0.25, 0.3) is 0 Å². The first-order valence-electron chi connectivity index (χ1n) is 6.63. The molecule has 0 atom stereocenters. The molecule has 1 aromatic carbocycles. The second-order valence-corrected chi connectivity index (χ2v) is 7.42. The molecule has 0 saturated carbocycles. The van der Waals surface area contributed by atoms with E-state index in [9.17, 15) is 5.11 Å². The summed E-state index contributed by atoms with van der Waals surface area (Å²) in [5.74, 6) is 1.74. The fourth-order valence-corrected chi connectivity index (χ4v) is 2.07. The number of rotatable bonds is 1. The second-order valence-electron chi connectivity index (χ2n) is 7.42. The van der Waals surface area contributed by atoms with E-state index in [1.165, 1.54) is 11.5 Å². The molecule has 0 aromatic heterocycles. The molecular formula is C17H27O. The lowest BCUT2D eigenvalue weighted by Crippen LogP contribution is -2.18. The Bertz CT molecular complexity index is 393. The highest BCUT2D eigenvalue weighted by Crippen LogP contribution is 2.40. The largest absolute Gasteiger partial charge is 0.507 e. The SMILES string of the molecule is C[C](C)c1cc(C(C)(C)C)c(O)c(C(C)(C)C)c1. The van der Waals surface area contributed by atoms with Crippen LogP contribution in [0.3, 0.4) is 0 Å². The van der Waals surface area contributed by atoms with Gasteiger partial charge in [0, 0.05) is 0 Å². The fourth-order valence-electron chi connectivity index (χ4n) is 2.07. The lowest BCUT2D eigenvalue weighted by Gasteiger charge is -2.28. The molecule has 0 saturated heterocycles. The van der Waals surface area contributed by atoms with Gasteiger partial charge in [0.2, 0.25) is 0 Å². The standard InChI is InChI=1S/C17H27O/c1-11(2)12-9-13(16(3,4)5)15(18)14(10-12)17(6,7)8/h9-10,18H,1-8H3. The summed E-state index contributed by atoms with van der Waals surface area (Å²) in [5.41, 5.74) is 3.20. The van der Waals surface area contributed by atoms with E-state index >= 15 is 0 Å². The summed E-state index contributed by atoms with van der Waals surface area (Å²) in [5, 5.41) is 10.6. The highest BCUT2D eigenvalue weighted by molar-refractivity contribution is 5.52. The zero-order valence-electron chi connectivity index (χ0n) is 13.1. The van der Waals surface area contributed by atoms with Gasteiger partial charge in [0.1, 0.15) is 5.75 Å². The van der Waals surface area contributed by atoms with Crippen molar-refractivity contribution in [2.45, 2.75) is 66.2 Å². The van der Waals surface area contributed by atoms with Crippen LogP contribution in [0.2, 0.25) is 0 Å². The van der Waals surface area contributed by atoms with Crippen molar-refractivity contribution in [1.29, 1.82) is 0 Å². The third-order valence-corrected chi connectivity index (χ3v) is 3.30. The van der Waals surface area contributed by atoms with Crippen LogP contribution >= 0.6 is 0 Å². The number of phenols is 1. The van der Waals surface area contributed by atoms with E-state index in [1.54, 1.807) is 0 Å². The van der Waals surface area contributed by atoms with Crippen molar-refractivity contribution >= 4 is 0 Å². The summed E-state index contributed by atoms with van der Waals surface area (Å²) in [6, 6.07) is 4.25. The van der Waals surface area contributed by atoms with E-state index in [4.69, 9.17) is 0 Å². The first kappa shape index (κ1) is 15.1. The van der Waals surface area contributed by atoms with E-state index in [2.05, 4.69) is 67.5 Å². The summed E-state index contributed by atoms with van der Waals surface area (Å²) in [7, 11) is 0. The van der Waals surface area contributed by atoms with Crippen LogP contribution < -0.4 is 0 Å². The molecule has 0 unspecified atom stereocenters. The van der Waals surface area contributed by atoms with Gasteiger partial charge in [-0.05, 0) is 33.4 Å². The van der Waals surface area contributed by atoms with Gasteiger partial charge in [0.05, 0.1) is 0 Å². The maximum atomic E-state index is 10.6.